The molecular formula is C24H25N3O4. The van der Waals surface area contributed by atoms with E-state index in [2.05, 4.69) is 15.8 Å². The molecule has 0 aliphatic heterocycles. The average molecular weight is 419 g/mol. The van der Waals surface area contributed by atoms with Crippen molar-refractivity contribution in [1.82, 2.24) is 5.43 Å². The van der Waals surface area contributed by atoms with Crippen LogP contribution in [0.4, 0.5) is 5.69 Å². The first-order valence-corrected chi connectivity index (χ1v) is 9.73. The number of benzene rings is 3. The van der Waals surface area contributed by atoms with Crippen LogP contribution >= 0.6 is 0 Å². The molecule has 0 heterocycles. The van der Waals surface area contributed by atoms with E-state index >= 15 is 0 Å². The van der Waals surface area contributed by atoms with Gasteiger partial charge in [0.05, 0.1) is 32.7 Å². The van der Waals surface area contributed by atoms with Gasteiger partial charge in [-0.1, -0.05) is 42.5 Å². The Bertz CT molecular complexity index is 1020. The molecule has 0 atom stereocenters. The molecule has 0 unspecified atom stereocenters. The number of hydrogen-bond donors (Lipinski definition) is 2. The molecule has 0 spiro atoms. The van der Waals surface area contributed by atoms with Crippen molar-refractivity contribution in [2.75, 3.05) is 26.1 Å². The predicted octanol–water partition coefficient (Wildman–Crippen LogP) is 3.85. The Kier molecular flexibility index (Phi) is 7.88. The highest BCUT2D eigenvalue weighted by Crippen LogP contribution is 2.28. The molecule has 3 aromatic carbocycles. The Morgan fingerprint density at radius 1 is 0.903 bits per heavy atom. The van der Waals surface area contributed by atoms with E-state index in [1.54, 1.807) is 26.5 Å². The van der Waals surface area contributed by atoms with Gasteiger partial charge in [-0.2, -0.15) is 5.10 Å². The van der Waals surface area contributed by atoms with E-state index in [4.69, 9.17) is 14.2 Å². The number of hydrogen-bond acceptors (Lipinski definition) is 6. The third-order valence-electron chi connectivity index (χ3n) is 4.37. The summed E-state index contributed by atoms with van der Waals surface area (Å²) in [7, 11) is 3.16. The minimum atomic E-state index is -0.281. The zero-order chi connectivity index (χ0) is 21.9. The van der Waals surface area contributed by atoms with Gasteiger partial charge in [-0.05, 0) is 41.5 Å². The molecule has 3 rings (SSSR count). The molecule has 0 bridgehead atoms. The Morgan fingerprint density at radius 3 is 2.42 bits per heavy atom. The van der Waals surface area contributed by atoms with Crippen molar-refractivity contribution >= 4 is 17.8 Å². The molecule has 0 saturated heterocycles. The van der Waals surface area contributed by atoms with Crippen molar-refractivity contribution in [3.63, 3.8) is 0 Å². The number of carbonyl (C=O) groups is 1. The minimum Gasteiger partial charge on any atom is -0.495 e. The van der Waals surface area contributed by atoms with Crippen molar-refractivity contribution in [2.24, 2.45) is 5.10 Å². The lowest BCUT2D eigenvalue weighted by atomic mass is 10.2. The normalized spacial score (nSPS) is 10.5. The first-order chi connectivity index (χ1) is 15.2. The van der Waals surface area contributed by atoms with Crippen LogP contribution in [-0.4, -0.2) is 32.9 Å². The van der Waals surface area contributed by atoms with Gasteiger partial charge in [-0.3, -0.25) is 4.79 Å². The number of anilines is 1. The molecule has 0 aliphatic carbocycles. The minimum absolute atomic E-state index is 0.0628. The van der Waals surface area contributed by atoms with Gasteiger partial charge >= 0.3 is 0 Å². The van der Waals surface area contributed by atoms with E-state index in [0.717, 1.165) is 16.8 Å². The maximum absolute atomic E-state index is 12.0. The second-order valence-electron chi connectivity index (χ2n) is 6.53. The fraction of sp³-hybridized carbons (Fsp3) is 0.167. The molecule has 0 aromatic heterocycles. The zero-order valence-electron chi connectivity index (χ0n) is 17.5. The summed E-state index contributed by atoms with van der Waals surface area (Å²) in [5, 5.41) is 7.02. The van der Waals surface area contributed by atoms with Crippen molar-refractivity contribution in [2.45, 2.75) is 6.61 Å². The van der Waals surface area contributed by atoms with Crippen LogP contribution in [0, 0.1) is 0 Å². The fourth-order valence-electron chi connectivity index (χ4n) is 2.80. The number of ether oxygens (including phenoxy) is 3. The lowest BCUT2D eigenvalue weighted by Crippen LogP contribution is -2.26. The Hall–Kier alpha value is -4.00. The highest BCUT2D eigenvalue weighted by molar-refractivity contribution is 5.85. The maximum Gasteiger partial charge on any atom is 0.259 e. The largest absolute Gasteiger partial charge is 0.495 e. The van der Waals surface area contributed by atoms with Crippen molar-refractivity contribution in [3.8, 4) is 17.2 Å². The molecule has 0 fully saturated rings. The highest BCUT2D eigenvalue weighted by Gasteiger charge is 2.06. The summed E-state index contributed by atoms with van der Waals surface area (Å²) in [6, 6.07) is 22.7. The summed E-state index contributed by atoms with van der Waals surface area (Å²) in [5.74, 6) is 1.61. The van der Waals surface area contributed by atoms with Crippen LogP contribution in [0.15, 0.2) is 77.9 Å². The first kappa shape index (κ1) is 21.7. The number of rotatable bonds is 10. The van der Waals surface area contributed by atoms with Crippen LogP contribution in [-0.2, 0) is 11.4 Å². The Balaban J connectivity index is 1.52. The number of hydrazone groups is 1. The van der Waals surface area contributed by atoms with Gasteiger partial charge in [-0.15, -0.1) is 0 Å². The molecule has 0 radical (unpaired) electrons. The molecule has 7 nitrogen and oxygen atoms in total. The number of carbonyl (C=O) groups excluding carboxylic acids is 1. The van der Waals surface area contributed by atoms with E-state index in [1.807, 2.05) is 66.7 Å². The van der Waals surface area contributed by atoms with E-state index in [1.165, 1.54) is 0 Å². The van der Waals surface area contributed by atoms with Gasteiger partial charge in [0.2, 0.25) is 0 Å². The molecule has 160 valence electrons. The molecule has 3 aromatic rings. The van der Waals surface area contributed by atoms with Crippen molar-refractivity contribution in [1.29, 1.82) is 0 Å². The fourth-order valence-corrected chi connectivity index (χ4v) is 2.80. The third kappa shape index (κ3) is 6.50. The molecule has 2 N–H and O–H groups in total. The zero-order valence-corrected chi connectivity index (χ0v) is 17.5. The van der Waals surface area contributed by atoms with Crippen LogP contribution in [0.3, 0.4) is 0 Å². The van der Waals surface area contributed by atoms with E-state index < -0.39 is 0 Å². The smallest absolute Gasteiger partial charge is 0.259 e. The molecule has 7 heteroatoms. The van der Waals surface area contributed by atoms with Gasteiger partial charge < -0.3 is 19.5 Å². The summed E-state index contributed by atoms with van der Waals surface area (Å²) in [5.41, 5.74) is 5.06. The van der Waals surface area contributed by atoms with E-state index in [0.29, 0.717) is 23.9 Å². The third-order valence-corrected chi connectivity index (χ3v) is 4.37. The second kappa shape index (κ2) is 11.3. The average Bonchev–Trinajstić information content (AvgIpc) is 2.82. The van der Waals surface area contributed by atoms with Crippen LogP contribution in [0.1, 0.15) is 11.1 Å². The van der Waals surface area contributed by atoms with Crippen LogP contribution in [0.25, 0.3) is 0 Å². The molecule has 0 saturated carbocycles. The second-order valence-corrected chi connectivity index (χ2v) is 6.53. The summed E-state index contributed by atoms with van der Waals surface area (Å²) >= 11 is 0. The summed E-state index contributed by atoms with van der Waals surface area (Å²) < 4.78 is 16.5. The Labute approximate surface area is 181 Å². The van der Waals surface area contributed by atoms with Crippen LogP contribution in [0.5, 0.6) is 17.2 Å². The van der Waals surface area contributed by atoms with Gasteiger partial charge in [0.25, 0.3) is 5.91 Å². The van der Waals surface area contributed by atoms with Gasteiger partial charge in [-0.25, -0.2) is 5.43 Å². The number of para-hydroxylation sites is 2. The molecule has 0 aliphatic rings. The Morgan fingerprint density at radius 2 is 1.65 bits per heavy atom. The monoisotopic (exact) mass is 419 g/mol. The summed E-state index contributed by atoms with van der Waals surface area (Å²) in [4.78, 5) is 12.0. The highest BCUT2D eigenvalue weighted by atomic mass is 16.5. The van der Waals surface area contributed by atoms with Crippen LogP contribution in [0.2, 0.25) is 0 Å². The molecule has 1 amide bonds. The summed E-state index contributed by atoms with van der Waals surface area (Å²) in [6.07, 6.45) is 1.55. The topological polar surface area (TPSA) is 81.2 Å². The first-order valence-electron chi connectivity index (χ1n) is 9.73. The van der Waals surface area contributed by atoms with Crippen molar-refractivity contribution in [3.05, 3.63) is 83.9 Å². The predicted molar refractivity (Wildman–Crippen MR) is 121 cm³/mol. The van der Waals surface area contributed by atoms with Gasteiger partial charge in [0.1, 0.15) is 12.4 Å². The van der Waals surface area contributed by atoms with E-state index in [9.17, 15) is 4.79 Å². The standard InChI is InChI=1S/C24H25N3O4/c1-29-21-11-7-6-10-20(21)25-16-24(28)27-26-15-19-12-13-22(23(14-19)30-2)31-17-18-8-4-3-5-9-18/h3-15,25H,16-17H2,1-2H3,(H,27,28)/b26-15-. The number of nitrogens with one attached hydrogen (secondary N) is 2. The number of methoxy groups -OCH3 is 2. The van der Waals surface area contributed by atoms with E-state index in [-0.39, 0.29) is 12.5 Å². The van der Waals surface area contributed by atoms with Gasteiger partial charge in [0.15, 0.2) is 11.5 Å². The number of amides is 1. The lowest BCUT2D eigenvalue weighted by Gasteiger charge is -2.11. The maximum atomic E-state index is 12.0. The summed E-state index contributed by atoms with van der Waals surface area (Å²) in [6.45, 7) is 0.507. The van der Waals surface area contributed by atoms with Crippen molar-refractivity contribution < 1.29 is 19.0 Å². The SMILES string of the molecule is COc1ccccc1NCC(=O)N/N=C\c1ccc(OCc2ccccc2)c(OC)c1. The molecule has 31 heavy (non-hydrogen) atoms. The lowest BCUT2D eigenvalue weighted by molar-refractivity contribution is -0.119. The quantitative estimate of drug-likeness (QED) is 0.385. The molecular weight excluding hydrogens is 394 g/mol. The van der Waals surface area contributed by atoms with Crippen LogP contribution < -0.4 is 25.0 Å². The van der Waals surface area contributed by atoms with Gasteiger partial charge in [0, 0.05) is 0 Å². The number of nitrogens with zero attached hydrogens (tertiary/aromatic N) is 1.